The van der Waals surface area contributed by atoms with Crippen LogP contribution in [0.25, 0.3) is 0 Å². The third-order valence-corrected chi connectivity index (χ3v) is 5.58. The Morgan fingerprint density at radius 1 is 1.15 bits per heavy atom. The Bertz CT molecular complexity index is 1250. The van der Waals surface area contributed by atoms with Gasteiger partial charge in [0.1, 0.15) is 6.04 Å². The van der Waals surface area contributed by atoms with Gasteiger partial charge in [0.15, 0.2) is 0 Å². The monoisotopic (exact) mass is 492 g/mol. The lowest BCUT2D eigenvalue weighted by Gasteiger charge is -2.25. The van der Waals surface area contributed by atoms with Crippen molar-refractivity contribution in [1.29, 1.82) is 0 Å². The Kier molecular flexibility index (Phi) is 6.05. The fraction of sp³-hybridized carbons (Fsp3) is 0.182. The van der Waals surface area contributed by atoms with Crippen molar-refractivity contribution in [3.8, 4) is 0 Å². The summed E-state index contributed by atoms with van der Waals surface area (Å²) >= 11 is 5.65. The summed E-state index contributed by atoms with van der Waals surface area (Å²) in [7, 11) is 0. The average Bonchev–Trinajstić information content (AvgIpc) is 3.07. The summed E-state index contributed by atoms with van der Waals surface area (Å²) in [5.74, 6) is -1.49. The van der Waals surface area contributed by atoms with Gasteiger partial charge < -0.3 is 15.5 Å². The second kappa shape index (κ2) is 8.82. The highest BCUT2D eigenvalue weighted by Gasteiger charge is 2.37. The van der Waals surface area contributed by atoms with Gasteiger partial charge in [0, 0.05) is 30.4 Å². The lowest BCUT2D eigenvalue weighted by Crippen LogP contribution is -2.49. The number of fused-ring (bicyclic) bond motifs is 1. The second-order valence-electron chi connectivity index (χ2n) is 7.58. The Hall–Kier alpha value is -3.86. The first-order valence-corrected chi connectivity index (χ1v) is 10.3. The third-order valence-electron chi connectivity index (χ3n) is 5.27. The molecule has 2 aliphatic heterocycles. The van der Waals surface area contributed by atoms with Crippen molar-refractivity contribution in [1.82, 2.24) is 15.5 Å². The van der Waals surface area contributed by atoms with Crippen molar-refractivity contribution < 1.29 is 32.3 Å². The highest BCUT2D eigenvalue weighted by molar-refractivity contribution is 6.31. The van der Waals surface area contributed by atoms with E-state index in [9.17, 15) is 32.3 Å². The van der Waals surface area contributed by atoms with Crippen LogP contribution < -0.4 is 16.0 Å². The van der Waals surface area contributed by atoms with E-state index >= 15 is 0 Å². The molecule has 2 aliphatic rings. The minimum atomic E-state index is -4.60. The van der Waals surface area contributed by atoms with E-state index in [1.54, 1.807) is 18.2 Å². The van der Waals surface area contributed by atoms with E-state index in [1.165, 1.54) is 17.1 Å². The van der Waals surface area contributed by atoms with Gasteiger partial charge in [-0.05, 0) is 41.5 Å². The zero-order valence-electron chi connectivity index (χ0n) is 17.2. The highest BCUT2D eigenvalue weighted by Crippen LogP contribution is 2.35. The molecule has 0 aliphatic carbocycles. The molecular weight excluding hydrogens is 477 g/mol. The lowest BCUT2D eigenvalue weighted by atomic mass is 10.1. The number of hydrogen-bond donors (Lipinski definition) is 3. The van der Waals surface area contributed by atoms with Gasteiger partial charge in [0.05, 0.1) is 10.6 Å². The normalized spacial score (nSPS) is 17.5. The van der Waals surface area contributed by atoms with E-state index in [2.05, 4.69) is 16.0 Å². The van der Waals surface area contributed by atoms with Gasteiger partial charge in [0.25, 0.3) is 11.8 Å². The molecule has 0 spiro atoms. The number of nitrogens with zero attached hydrogens (tertiary/aromatic N) is 1. The van der Waals surface area contributed by atoms with E-state index in [0.29, 0.717) is 16.7 Å². The molecule has 1 atom stereocenters. The first-order valence-electron chi connectivity index (χ1n) is 9.90. The fourth-order valence-corrected chi connectivity index (χ4v) is 3.95. The Morgan fingerprint density at radius 2 is 1.91 bits per heavy atom. The highest BCUT2D eigenvalue weighted by atomic mass is 35.5. The van der Waals surface area contributed by atoms with Crippen LogP contribution in [-0.4, -0.2) is 34.7 Å². The number of urea groups is 1. The molecule has 2 heterocycles. The number of halogens is 4. The van der Waals surface area contributed by atoms with Crippen LogP contribution in [0.15, 0.2) is 48.6 Å². The molecule has 0 aromatic heterocycles. The number of carbonyl (C=O) groups is 4. The van der Waals surface area contributed by atoms with E-state index in [0.717, 1.165) is 18.2 Å². The van der Waals surface area contributed by atoms with Crippen molar-refractivity contribution in [3.05, 3.63) is 75.8 Å². The quantitative estimate of drug-likeness (QED) is 0.570. The van der Waals surface area contributed by atoms with Crippen LogP contribution in [0.3, 0.4) is 0 Å². The average molecular weight is 493 g/mol. The summed E-state index contributed by atoms with van der Waals surface area (Å²) < 4.78 is 38.4. The van der Waals surface area contributed by atoms with Gasteiger partial charge in [-0.2, -0.15) is 13.2 Å². The summed E-state index contributed by atoms with van der Waals surface area (Å²) in [6.45, 7) is 0.217. The SMILES string of the molecule is O=C1C=CC(N2Cc3cc(CNC(=O)Nc4ccc(C(F)(F)F)c(Cl)c4)ccc3C2=O)C(=O)N1. The van der Waals surface area contributed by atoms with E-state index in [-0.39, 0.29) is 24.7 Å². The number of rotatable bonds is 4. The van der Waals surface area contributed by atoms with Crippen LogP contribution in [0.1, 0.15) is 27.0 Å². The maximum absolute atomic E-state index is 12.8. The van der Waals surface area contributed by atoms with E-state index < -0.39 is 40.6 Å². The Morgan fingerprint density at radius 3 is 2.59 bits per heavy atom. The molecule has 2 aromatic carbocycles. The van der Waals surface area contributed by atoms with E-state index in [4.69, 9.17) is 11.6 Å². The number of nitrogens with one attached hydrogen (secondary N) is 3. The van der Waals surface area contributed by atoms with Crippen LogP contribution in [0.4, 0.5) is 23.7 Å². The van der Waals surface area contributed by atoms with Gasteiger partial charge in [-0.25, -0.2) is 4.79 Å². The Labute approximate surface area is 195 Å². The van der Waals surface area contributed by atoms with Crippen LogP contribution in [-0.2, 0) is 28.9 Å². The van der Waals surface area contributed by atoms with Crippen molar-refractivity contribution in [2.45, 2.75) is 25.3 Å². The molecule has 0 bridgehead atoms. The molecule has 34 heavy (non-hydrogen) atoms. The summed E-state index contributed by atoms with van der Waals surface area (Å²) in [5.41, 5.74) is 0.800. The molecule has 5 amide bonds. The predicted molar refractivity (Wildman–Crippen MR) is 115 cm³/mol. The van der Waals surface area contributed by atoms with Crippen molar-refractivity contribution in [3.63, 3.8) is 0 Å². The Balaban J connectivity index is 1.38. The molecule has 0 saturated heterocycles. The fourth-order valence-electron chi connectivity index (χ4n) is 3.66. The molecule has 3 N–H and O–H groups in total. The second-order valence-corrected chi connectivity index (χ2v) is 7.99. The molecule has 0 fully saturated rings. The number of hydrogen-bond acceptors (Lipinski definition) is 4. The summed E-state index contributed by atoms with van der Waals surface area (Å²) in [4.78, 5) is 49.5. The molecule has 0 saturated carbocycles. The molecule has 4 rings (SSSR count). The standard InChI is InChI=1S/C22H16ClF3N4O4/c23-16-8-13(2-4-15(16)22(24,25)26)28-21(34)27-9-11-1-3-14-12(7-11)10-30(20(14)33)17-5-6-18(31)29-19(17)32/h1-8,17H,9-10H2,(H2,27,28,34)(H,29,31,32). The minimum Gasteiger partial charge on any atom is -0.334 e. The molecule has 176 valence electrons. The lowest BCUT2D eigenvalue weighted by molar-refractivity contribution is -0.137. The van der Waals surface area contributed by atoms with Gasteiger partial charge >= 0.3 is 12.2 Å². The largest absolute Gasteiger partial charge is 0.417 e. The summed E-state index contributed by atoms with van der Waals surface area (Å²) in [6.07, 6.45) is -2.04. The van der Waals surface area contributed by atoms with Gasteiger partial charge in [0.2, 0.25) is 5.91 Å². The van der Waals surface area contributed by atoms with Gasteiger partial charge in [-0.15, -0.1) is 0 Å². The molecular formula is C22H16ClF3N4O4. The number of anilines is 1. The zero-order valence-corrected chi connectivity index (χ0v) is 18.0. The molecule has 1 unspecified atom stereocenters. The smallest absolute Gasteiger partial charge is 0.334 e. The maximum atomic E-state index is 12.8. The topological polar surface area (TPSA) is 108 Å². The van der Waals surface area contributed by atoms with Crippen LogP contribution >= 0.6 is 11.6 Å². The summed E-state index contributed by atoms with van der Waals surface area (Å²) in [6, 6.07) is 6.23. The minimum absolute atomic E-state index is 0.0694. The van der Waals surface area contributed by atoms with Crippen molar-refractivity contribution in [2.24, 2.45) is 0 Å². The molecule has 2 aromatic rings. The maximum Gasteiger partial charge on any atom is 0.417 e. The van der Waals surface area contributed by atoms with Gasteiger partial charge in [-0.3, -0.25) is 19.7 Å². The van der Waals surface area contributed by atoms with Crippen molar-refractivity contribution >= 4 is 41.0 Å². The zero-order chi connectivity index (χ0) is 24.6. The van der Waals surface area contributed by atoms with Crippen LogP contribution in [0.2, 0.25) is 5.02 Å². The van der Waals surface area contributed by atoms with E-state index in [1.807, 2.05) is 0 Å². The first-order chi connectivity index (χ1) is 16.0. The van der Waals surface area contributed by atoms with Crippen LogP contribution in [0.5, 0.6) is 0 Å². The molecule has 12 heteroatoms. The number of benzene rings is 2. The first kappa shape index (κ1) is 23.3. The molecule has 0 radical (unpaired) electrons. The summed E-state index contributed by atoms with van der Waals surface area (Å²) in [5, 5.41) is 6.60. The van der Waals surface area contributed by atoms with Gasteiger partial charge in [-0.1, -0.05) is 23.7 Å². The van der Waals surface area contributed by atoms with Crippen LogP contribution in [0, 0.1) is 0 Å². The predicted octanol–water partition coefficient (Wildman–Crippen LogP) is 3.22. The molecule has 8 nitrogen and oxygen atoms in total. The number of alkyl halides is 3. The third kappa shape index (κ3) is 4.74. The number of amides is 5. The van der Waals surface area contributed by atoms with Crippen molar-refractivity contribution in [2.75, 3.05) is 5.32 Å². The number of imide groups is 1. The number of carbonyl (C=O) groups excluding carboxylic acids is 4.